The molecule has 2 aromatic rings. The minimum atomic E-state index is -1.14. The van der Waals surface area contributed by atoms with E-state index in [1.807, 2.05) is 6.07 Å². The molecule has 7 heteroatoms. The topological polar surface area (TPSA) is 87.3 Å². The van der Waals surface area contributed by atoms with Crippen LogP contribution in [-0.2, 0) is 23.2 Å². The van der Waals surface area contributed by atoms with E-state index in [-0.39, 0.29) is 5.91 Å². The van der Waals surface area contributed by atoms with Crippen LogP contribution in [0.15, 0.2) is 30.3 Å². The van der Waals surface area contributed by atoms with Crippen LogP contribution in [0.3, 0.4) is 0 Å². The minimum absolute atomic E-state index is 0.140. The van der Waals surface area contributed by atoms with Gasteiger partial charge in [-0.25, -0.2) is 4.79 Å². The van der Waals surface area contributed by atoms with Crippen molar-refractivity contribution >= 4 is 34.9 Å². The quantitative estimate of drug-likeness (QED) is 0.690. The van der Waals surface area contributed by atoms with Gasteiger partial charge in [0.1, 0.15) is 5.54 Å². The Morgan fingerprint density at radius 3 is 2.64 bits per heavy atom. The molecule has 0 bridgehead atoms. The van der Waals surface area contributed by atoms with Crippen LogP contribution < -0.4 is 16.0 Å². The van der Waals surface area contributed by atoms with Gasteiger partial charge in [-0.3, -0.25) is 14.9 Å². The first-order valence-corrected chi connectivity index (χ1v) is 10.4. The van der Waals surface area contributed by atoms with Gasteiger partial charge in [-0.15, -0.1) is 11.3 Å². The van der Waals surface area contributed by atoms with E-state index in [1.165, 1.54) is 36.1 Å². The fourth-order valence-corrected chi connectivity index (χ4v) is 4.95. The summed E-state index contributed by atoms with van der Waals surface area (Å²) in [4.78, 5) is 38.5. The van der Waals surface area contributed by atoms with Gasteiger partial charge in [0.15, 0.2) is 0 Å². The Labute approximate surface area is 167 Å². The summed E-state index contributed by atoms with van der Waals surface area (Å²) in [6.07, 6.45) is 6.97. The maximum absolute atomic E-state index is 12.8. The molecular weight excluding hydrogens is 374 g/mol. The van der Waals surface area contributed by atoms with Crippen LogP contribution in [0.25, 0.3) is 0 Å². The third-order valence-corrected chi connectivity index (χ3v) is 6.70. The lowest BCUT2D eigenvalue weighted by Gasteiger charge is -2.21. The number of benzene rings is 1. The van der Waals surface area contributed by atoms with E-state index in [2.05, 4.69) is 16.0 Å². The standard InChI is InChI=1S/C21H23N3O3S/c1-21(19(26)23-20(27)24-21)14-8-6-9-15(12-14)22-18(25)17-11-13-7-4-2-3-5-10-16(13)28-17/h6,8-9,11-12H,2-5,7,10H2,1H3,(H,22,25)(H2,23,24,26,27)/t21-/m0/s1. The SMILES string of the molecule is C[C@@]1(c2cccc(NC(=O)c3cc4c(s3)CCCCCC4)c2)NC(=O)NC1=O. The average Bonchev–Trinajstić information content (AvgIpc) is 3.15. The maximum atomic E-state index is 12.8. The zero-order valence-corrected chi connectivity index (χ0v) is 16.6. The maximum Gasteiger partial charge on any atom is 0.322 e. The van der Waals surface area contributed by atoms with Crippen LogP contribution in [0.2, 0.25) is 0 Å². The normalized spacial score (nSPS) is 21.9. The lowest BCUT2D eigenvalue weighted by molar-refractivity contribution is -0.123. The molecule has 1 aliphatic carbocycles. The van der Waals surface area contributed by atoms with Crippen molar-refractivity contribution in [3.63, 3.8) is 0 Å². The number of carbonyl (C=O) groups is 3. The van der Waals surface area contributed by atoms with Crippen LogP contribution in [0, 0.1) is 0 Å². The minimum Gasteiger partial charge on any atom is -0.321 e. The summed E-state index contributed by atoms with van der Waals surface area (Å²) in [5.41, 5.74) is 1.38. The molecule has 0 unspecified atom stereocenters. The van der Waals surface area contributed by atoms with Crippen LogP contribution >= 0.6 is 11.3 Å². The largest absolute Gasteiger partial charge is 0.322 e. The van der Waals surface area contributed by atoms with Crippen molar-refractivity contribution in [1.82, 2.24) is 10.6 Å². The molecule has 146 valence electrons. The van der Waals surface area contributed by atoms with E-state index in [1.54, 1.807) is 42.5 Å². The molecule has 1 atom stereocenters. The zero-order chi connectivity index (χ0) is 19.7. The molecule has 28 heavy (non-hydrogen) atoms. The third-order valence-electron chi connectivity index (χ3n) is 5.46. The molecule has 2 aliphatic rings. The molecule has 2 heterocycles. The number of hydrogen-bond donors (Lipinski definition) is 3. The second-order valence-corrected chi connectivity index (χ2v) is 8.68. The summed E-state index contributed by atoms with van der Waals surface area (Å²) in [5, 5.41) is 7.83. The zero-order valence-electron chi connectivity index (χ0n) is 15.8. The molecule has 6 nitrogen and oxygen atoms in total. The Morgan fingerprint density at radius 1 is 1.11 bits per heavy atom. The van der Waals surface area contributed by atoms with Crippen LogP contribution in [0.5, 0.6) is 0 Å². The molecule has 0 spiro atoms. The first-order valence-electron chi connectivity index (χ1n) is 9.63. The molecule has 1 aromatic heterocycles. The highest BCUT2D eigenvalue weighted by Crippen LogP contribution is 2.30. The highest BCUT2D eigenvalue weighted by Gasteiger charge is 2.43. The number of rotatable bonds is 3. The average molecular weight is 398 g/mol. The van der Waals surface area contributed by atoms with Crippen molar-refractivity contribution in [1.29, 1.82) is 0 Å². The van der Waals surface area contributed by atoms with Crippen molar-refractivity contribution in [3.05, 3.63) is 51.2 Å². The molecule has 1 saturated heterocycles. The van der Waals surface area contributed by atoms with Crippen LogP contribution in [0.4, 0.5) is 10.5 Å². The highest BCUT2D eigenvalue weighted by atomic mass is 32.1. The number of nitrogens with one attached hydrogen (secondary N) is 3. The second kappa shape index (κ2) is 7.39. The number of hydrogen-bond acceptors (Lipinski definition) is 4. The van der Waals surface area contributed by atoms with Gasteiger partial charge in [0, 0.05) is 10.6 Å². The van der Waals surface area contributed by atoms with Gasteiger partial charge in [-0.1, -0.05) is 25.0 Å². The van der Waals surface area contributed by atoms with Gasteiger partial charge in [0.05, 0.1) is 4.88 Å². The lowest BCUT2D eigenvalue weighted by atomic mass is 9.92. The highest BCUT2D eigenvalue weighted by molar-refractivity contribution is 7.14. The summed E-state index contributed by atoms with van der Waals surface area (Å²) < 4.78 is 0. The number of amides is 4. The molecule has 3 N–H and O–H groups in total. The van der Waals surface area contributed by atoms with Crippen molar-refractivity contribution in [2.75, 3.05) is 5.32 Å². The van der Waals surface area contributed by atoms with Gasteiger partial charge in [0.25, 0.3) is 11.8 Å². The fourth-order valence-electron chi connectivity index (χ4n) is 3.80. The Bertz CT molecular complexity index is 927. The molecule has 0 saturated carbocycles. The number of urea groups is 1. The summed E-state index contributed by atoms with van der Waals surface area (Å²) in [7, 11) is 0. The molecule has 0 radical (unpaired) electrons. The predicted octanol–water partition coefficient (Wildman–Crippen LogP) is 3.71. The lowest BCUT2D eigenvalue weighted by Crippen LogP contribution is -2.40. The van der Waals surface area contributed by atoms with Gasteiger partial charge < -0.3 is 10.6 Å². The molecular formula is C21H23N3O3S. The summed E-state index contributed by atoms with van der Waals surface area (Å²) in [6.45, 7) is 1.65. The molecule has 4 rings (SSSR count). The second-order valence-electron chi connectivity index (χ2n) is 7.54. The van der Waals surface area contributed by atoms with E-state index in [9.17, 15) is 14.4 Å². The third kappa shape index (κ3) is 3.54. The van der Waals surface area contributed by atoms with Crippen LogP contribution in [0.1, 0.15) is 58.3 Å². The molecule has 1 aliphatic heterocycles. The Hall–Kier alpha value is -2.67. The van der Waals surface area contributed by atoms with Crippen molar-refractivity contribution in [2.24, 2.45) is 0 Å². The number of imide groups is 1. The first-order chi connectivity index (χ1) is 13.5. The summed E-state index contributed by atoms with van der Waals surface area (Å²) in [5.74, 6) is -0.544. The summed E-state index contributed by atoms with van der Waals surface area (Å²) in [6, 6.07) is 8.55. The van der Waals surface area contributed by atoms with E-state index in [4.69, 9.17) is 0 Å². The van der Waals surface area contributed by atoms with E-state index in [0.717, 1.165) is 17.7 Å². The number of fused-ring (bicyclic) bond motifs is 1. The smallest absolute Gasteiger partial charge is 0.321 e. The molecule has 1 fully saturated rings. The van der Waals surface area contributed by atoms with Gasteiger partial charge in [0.2, 0.25) is 0 Å². The predicted molar refractivity (Wildman–Crippen MR) is 109 cm³/mol. The Balaban J connectivity index is 1.53. The van der Waals surface area contributed by atoms with E-state index >= 15 is 0 Å². The number of thiophene rings is 1. The van der Waals surface area contributed by atoms with Crippen molar-refractivity contribution in [3.8, 4) is 0 Å². The Kier molecular flexibility index (Phi) is 4.93. The fraction of sp³-hybridized carbons (Fsp3) is 0.381. The number of carbonyl (C=O) groups excluding carboxylic acids is 3. The first kappa shape index (κ1) is 18.7. The van der Waals surface area contributed by atoms with Crippen molar-refractivity contribution < 1.29 is 14.4 Å². The van der Waals surface area contributed by atoms with Crippen LogP contribution in [-0.4, -0.2) is 17.8 Å². The van der Waals surface area contributed by atoms with E-state index < -0.39 is 17.5 Å². The molecule has 4 amide bonds. The Morgan fingerprint density at radius 2 is 1.89 bits per heavy atom. The van der Waals surface area contributed by atoms with Gasteiger partial charge in [-0.05, 0) is 61.9 Å². The molecule has 1 aromatic carbocycles. The summed E-state index contributed by atoms with van der Waals surface area (Å²) >= 11 is 1.58. The number of anilines is 1. The van der Waals surface area contributed by atoms with E-state index in [0.29, 0.717) is 11.3 Å². The monoisotopic (exact) mass is 397 g/mol. The number of aryl methyl sites for hydroxylation is 2. The van der Waals surface area contributed by atoms with Crippen molar-refractivity contribution in [2.45, 2.75) is 51.0 Å². The van der Waals surface area contributed by atoms with Gasteiger partial charge in [-0.2, -0.15) is 0 Å². The van der Waals surface area contributed by atoms with Gasteiger partial charge >= 0.3 is 6.03 Å².